The minimum Gasteiger partial charge on any atom is -0.329 e. The molecule has 1 aliphatic carbocycles. The lowest BCUT2D eigenvalue weighted by Crippen LogP contribution is -2.53. The molecule has 1 saturated carbocycles. The fraction of sp³-hybridized carbons (Fsp3) is 0.800. The maximum atomic E-state index is 13.0. The van der Waals surface area contributed by atoms with Gasteiger partial charge in [-0.15, -0.1) is 6.42 Å². The van der Waals surface area contributed by atoms with Crippen LogP contribution in [0.1, 0.15) is 38.5 Å². The summed E-state index contributed by atoms with van der Waals surface area (Å²) in [5, 5.41) is 0. The van der Waals surface area contributed by atoms with Crippen LogP contribution in [0.5, 0.6) is 0 Å². The Hall–Kier alpha value is -1.06. The highest BCUT2D eigenvalue weighted by Crippen LogP contribution is 2.38. The molecular weight excluding hydrogens is 288 g/mol. The normalized spacial score (nSPS) is 27.0. The van der Waals surface area contributed by atoms with Gasteiger partial charge in [0, 0.05) is 12.6 Å². The zero-order chi connectivity index (χ0) is 15.5. The molecule has 1 heterocycles. The lowest BCUT2D eigenvalue weighted by atomic mass is 9.73. The molecule has 118 valence electrons. The molecule has 5 nitrogen and oxygen atoms in total. The van der Waals surface area contributed by atoms with Crippen molar-refractivity contribution in [1.29, 1.82) is 0 Å². The van der Waals surface area contributed by atoms with Crippen LogP contribution in [0.15, 0.2) is 0 Å². The van der Waals surface area contributed by atoms with Gasteiger partial charge < -0.3 is 10.6 Å². The quantitative estimate of drug-likeness (QED) is 0.769. The third-order valence-corrected chi connectivity index (χ3v) is 6.58. The molecule has 2 rings (SSSR count). The number of nitrogens with two attached hydrogens (primary N) is 1. The molecule has 0 bridgehead atoms. The third kappa shape index (κ3) is 3.41. The Balaban J connectivity index is 2.21. The van der Waals surface area contributed by atoms with Crippen molar-refractivity contribution in [1.82, 2.24) is 4.90 Å². The summed E-state index contributed by atoms with van der Waals surface area (Å²) in [4.78, 5) is 14.6. The summed E-state index contributed by atoms with van der Waals surface area (Å²) in [6, 6.07) is -0.288. The topological polar surface area (TPSA) is 80.5 Å². The van der Waals surface area contributed by atoms with Gasteiger partial charge in [0.15, 0.2) is 9.84 Å². The van der Waals surface area contributed by atoms with E-state index in [-0.39, 0.29) is 30.0 Å². The SMILES string of the molecule is C#CCN(C(=O)C1(CN)CCCCC1)C1CCS(=O)(=O)C1. The van der Waals surface area contributed by atoms with Crippen molar-refractivity contribution in [3.63, 3.8) is 0 Å². The highest BCUT2D eigenvalue weighted by molar-refractivity contribution is 7.91. The van der Waals surface area contributed by atoms with Crippen LogP contribution in [-0.4, -0.2) is 49.9 Å². The summed E-state index contributed by atoms with van der Waals surface area (Å²) in [6.45, 7) is 0.479. The summed E-state index contributed by atoms with van der Waals surface area (Å²) >= 11 is 0. The molecule has 2 fully saturated rings. The van der Waals surface area contributed by atoms with Gasteiger partial charge >= 0.3 is 0 Å². The number of carbonyl (C=O) groups excluding carboxylic acids is 1. The Morgan fingerprint density at radius 1 is 1.33 bits per heavy atom. The summed E-state index contributed by atoms with van der Waals surface area (Å²) < 4.78 is 23.4. The van der Waals surface area contributed by atoms with E-state index in [1.54, 1.807) is 4.90 Å². The van der Waals surface area contributed by atoms with Crippen LogP contribution in [-0.2, 0) is 14.6 Å². The number of hydrogen-bond acceptors (Lipinski definition) is 4. The minimum absolute atomic E-state index is 0.0288. The first kappa shape index (κ1) is 16.3. The van der Waals surface area contributed by atoms with Gasteiger partial charge in [-0.25, -0.2) is 8.42 Å². The number of amides is 1. The van der Waals surface area contributed by atoms with Crippen molar-refractivity contribution in [3.8, 4) is 12.3 Å². The largest absolute Gasteiger partial charge is 0.329 e. The molecule has 0 aromatic carbocycles. The van der Waals surface area contributed by atoms with Crippen LogP contribution in [0.25, 0.3) is 0 Å². The van der Waals surface area contributed by atoms with E-state index in [9.17, 15) is 13.2 Å². The first-order valence-electron chi connectivity index (χ1n) is 7.59. The number of terminal acetylenes is 1. The van der Waals surface area contributed by atoms with E-state index in [0.29, 0.717) is 13.0 Å². The van der Waals surface area contributed by atoms with Crippen LogP contribution < -0.4 is 5.73 Å². The molecule has 0 spiro atoms. The molecule has 1 aliphatic heterocycles. The standard InChI is InChI=1S/C15H24N2O3S/c1-2-9-17(13-6-10-21(19,20)11-13)14(18)15(12-16)7-4-3-5-8-15/h1,13H,3-12,16H2. The molecule has 2 aliphatic rings. The Morgan fingerprint density at radius 2 is 2.00 bits per heavy atom. The molecule has 2 N–H and O–H groups in total. The highest BCUT2D eigenvalue weighted by Gasteiger charge is 2.44. The summed E-state index contributed by atoms with van der Waals surface area (Å²) in [6.07, 6.45) is 10.6. The van der Waals surface area contributed by atoms with Gasteiger partial charge in [0.25, 0.3) is 0 Å². The predicted octanol–water partition coefficient (Wildman–Crippen LogP) is 0.544. The van der Waals surface area contributed by atoms with Crippen molar-refractivity contribution in [2.75, 3.05) is 24.6 Å². The molecule has 6 heteroatoms. The number of rotatable bonds is 4. The monoisotopic (exact) mass is 312 g/mol. The Kier molecular flexibility index (Phi) is 4.95. The van der Waals surface area contributed by atoms with Gasteiger partial charge in [-0.05, 0) is 19.3 Å². The summed E-state index contributed by atoms with van der Waals surface area (Å²) in [5.41, 5.74) is 5.37. The molecule has 0 radical (unpaired) electrons. The maximum Gasteiger partial charge on any atom is 0.231 e. The first-order valence-corrected chi connectivity index (χ1v) is 9.41. The zero-order valence-electron chi connectivity index (χ0n) is 12.4. The van der Waals surface area contributed by atoms with Gasteiger partial charge in [-0.1, -0.05) is 25.2 Å². The Labute approximate surface area is 127 Å². The fourth-order valence-electron chi connectivity index (χ4n) is 3.52. The third-order valence-electron chi connectivity index (χ3n) is 4.83. The van der Waals surface area contributed by atoms with Crippen LogP contribution in [0.4, 0.5) is 0 Å². The van der Waals surface area contributed by atoms with Crippen LogP contribution in [0.2, 0.25) is 0 Å². The maximum absolute atomic E-state index is 13.0. The van der Waals surface area contributed by atoms with Gasteiger partial charge in [0.05, 0.1) is 23.5 Å². The van der Waals surface area contributed by atoms with Gasteiger partial charge in [0.1, 0.15) is 0 Å². The second kappa shape index (κ2) is 6.37. The van der Waals surface area contributed by atoms with E-state index < -0.39 is 15.3 Å². The number of carbonyl (C=O) groups is 1. The van der Waals surface area contributed by atoms with E-state index in [4.69, 9.17) is 12.2 Å². The lowest BCUT2D eigenvalue weighted by molar-refractivity contribution is -0.144. The Bertz CT molecular complexity index is 530. The minimum atomic E-state index is -3.04. The van der Waals surface area contributed by atoms with Gasteiger partial charge in [-0.2, -0.15) is 0 Å². The molecular formula is C15H24N2O3S. The van der Waals surface area contributed by atoms with E-state index in [0.717, 1.165) is 32.1 Å². The molecule has 0 aromatic rings. The average Bonchev–Trinajstić information content (AvgIpc) is 2.84. The number of sulfone groups is 1. The second-order valence-corrected chi connectivity index (χ2v) is 8.47. The van der Waals surface area contributed by atoms with Gasteiger partial charge in [-0.3, -0.25) is 4.79 Å². The molecule has 1 amide bonds. The lowest BCUT2D eigenvalue weighted by Gasteiger charge is -2.40. The van der Waals surface area contributed by atoms with Crippen molar-refractivity contribution in [2.24, 2.45) is 11.1 Å². The van der Waals surface area contributed by atoms with Crippen molar-refractivity contribution >= 4 is 15.7 Å². The number of nitrogens with zero attached hydrogens (tertiary/aromatic N) is 1. The molecule has 21 heavy (non-hydrogen) atoms. The number of hydrogen-bond donors (Lipinski definition) is 1. The molecule has 1 unspecified atom stereocenters. The molecule has 0 aromatic heterocycles. The zero-order valence-corrected chi connectivity index (χ0v) is 13.2. The van der Waals surface area contributed by atoms with Crippen molar-refractivity contribution in [2.45, 2.75) is 44.6 Å². The van der Waals surface area contributed by atoms with E-state index in [1.807, 2.05) is 0 Å². The average molecular weight is 312 g/mol. The van der Waals surface area contributed by atoms with Crippen LogP contribution in [0.3, 0.4) is 0 Å². The van der Waals surface area contributed by atoms with E-state index in [1.165, 1.54) is 0 Å². The summed E-state index contributed by atoms with van der Waals surface area (Å²) in [7, 11) is -3.04. The van der Waals surface area contributed by atoms with Gasteiger partial charge in [0.2, 0.25) is 5.91 Å². The van der Waals surface area contributed by atoms with E-state index in [2.05, 4.69) is 5.92 Å². The fourth-order valence-corrected chi connectivity index (χ4v) is 5.26. The second-order valence-electron chi connectivity index (χ2n) is 6.24. The van der Waals surface area contributed by atoms with Crippen LogP contribution in [0, 0.1) is 17.8 Å². The van der Waals surface area contributed by atoms with E-state index >= 15 is 0 Å². The van der Waals surface area contributed by atoms with Crippen molar-refractivity contribution in [3.05, 3.63) is 0 Å². The molecule has 1 atom stereocenters. The Morgan fingerprint density at radius 3 is 2.48 bits per heavy atom. The highest BCUT2D eigenvalue weighted by atomic mass is 32.2. The summed E-state index contributed by atoms with van der Waals surface area (Å²) in [5.74, 6) is 2.63. The predicted molar refractivity (Wildman–Crippen MR) is 82.2 cm³/mol. The van der Waals surface area contributed by atoms with Crippen molar-refractivity contribution < 1.29 is 13.2 Å². The first-order chi connectivity index (χ1) is 9.94. The molecule has 1 saturated heterocycles. The van der Waals surface area contributed by atoms with Crippen LogP contribution >= 0.6 is 0 Å². The smallest absolute Gasteiger partial charge is 0.231 e.